The molecule has 0 atom stereocenters. The maximum Gasteiger partial charge on any atom is 0.317 e. The Morgan fingerprint density at radius 2 is 1.23 bits per heavy atom. The first-order valence-corrected chi connectivity index (χ1v) is 14.2. The Hall–Kier alpha value is -2.32. The fourth-order valence-corrected chi connectivity index (χ4v) is 4.26. The van der Waals surface area contributed by atoms with Crippen LogP contribution in [0.3, 0.4) is 0 Å². The van der Waals surface area contributed by atoms with Gasteiger partial charge in [0, 0.05) is 78.5 Å². The van der Waals surface area contributed by atoms with Crippen molar-refractivity contribution in [1.29, 1.82) is 0 Å². The van der Waals surface area contributed by atoms with Crippen LogP contribution in [-0.4, -0.2) is 152 Å². The molecule has 1 heterocycles. The van der Waals surface area contributed by atoms with Crippen molar-refractivity contribution in [2.45, 2.75) is 40.0 Å². The number of hydrogen-bond donors (Lipinski definition) is 5. The largest absolute Gasteiger partial charge is 0.480 e. The molecule has 0 radical (unpaired) electrons. The summed E-state index contributed by atoms with van der Waals surface area (Å²) >= 11 is 0. The van der Waals surface area contributed by atoms with Crippen LogP contribution in [0.5, 0.6) is 0 Å². The number of nitrogens with zero attached hydrogens (tertiary/aromatic N) is 4. The Morgan fingerprint density at radius 3 is 1.72 bits per heavy atom. The lowest BCUT2D eigenvalue weighted by Gasteiger charge is -2.33. The van der Waals surface area contributed by atoms with Crippen LogP contribution in [-0.2, 0) is 19.2 Å². The summed E-state index contributed by atoms with van der Waals surface area (Å²) in [4.78, 5) is 54.9. The molecule has 1 aliphatic rings. The number of rotatable bonds is 16. The summed E-state index contributed by atoms with van der Waals surface area (Å²) < 4.78 is 0. The van der Waals surface area contributed by atoms with Crippen molar-refractivity contribution in [1.82, 2.24) is 35.6 Å². The first kappa shape index (κ1) is 34.7. The quantitative estimate of drug-likeness (QED) is 0.148. The third kappa shape index (κ3) is 18.6. The zero-order chi connectivity index (χ0) is 29.0. The van der Waals surface area contributed by atoms with E-state index in [1.165, 1.54) is 0 Å². The van der Waals surface area contributed by atoms with E-state index in [0.717, 1.165) is 39.0 Å². The van der Waals surface area contributed by atoms with E-state index in [4.69, 9.17) is 0 Å². The van der Waals surface area contributed by atoms with E-state index in [0.29, 0.717) is 58.4 Å². The summed E-state index contributed by atoms with van der Waals surface area (Å²) in [5.41, 5.74) is 0. The van der Waals surface area contributed by atoms with Crippen molar-refractivity contribution in [3.05, 3.63) is 0 Å². The molecule has 13 nitrogen and oxygen atoms in total. The van der Waals surface area contributed by atoms with Crippen LogP contribution in [0.4, 0.5) is 0 Å². The van der Waals surface area contributed by atoms with Crippen LogP contribution < -0.4 is 16.0 Å². The van der Waals surface area contributed by atoms with E-state index in [2.05, 4.69) is 46.5 Å². The molecular weight excluding hydrogens is 506 g/mol. The number of carbonyl (C=O) groups is 4. The fraction of sp³-hybridized carbons (Fsp3) is 0.846. The highest BCUT2D eigenvalue weighted by Gasteiger charge is 2.18. The number of aliphatic carboxylic acids is 2. The van der Waals surface area contributed by atoms with Gasteiger partial charge in [-0.2, -0.15) is 0 Å². The van der Waals surface area contributed by atoms with Crippen molar-refractivity contribution in [3.63, 3.8) is 0 Å². The molecule has 13 heteroatoms. The lowest BCUT2D eigenvalue weighted by molar-refractivity contribution is -0.140. The molecule has 2 amide bonds. The summed E-state index contributed by atoms with van der Waals surface area (Å²) in [6, 6.07) is 0. The zero-order valence-electron chi connectivity index (χ0n) is 24.1. The maximum absolute atomic E-state index is 12.1. The van der Waals surface area contributed by atoms with Crippen LogP contribution in [0.15, 0.2) is 0 Å². The molecule has 1 rings (SSSR count). The average molecular weight is 558 g/mol. The summed E-state index contributed by atoms with van der Waals surface area (Å²) in [6.45, 7) is 13.7. The molecule has 1 aliphatic heterocycles. The van der Waals surface area contributed by atoms with Gasteiger partial charge in [-0.1, -0.05) is 20.8 Å². The van der Waals surface area contributed by atoms with E-state index in [1.807, 2.05) is 9.80 Å². The standard InChI is InChI=1S/C26H51N7O6/c1-4-30-10-12-31(19-25(36)37)13-14-32(20-26(38)39)15-17-33(16-11-30)21-27-9-7-23(34)29-18-24(35)28-8-5-6-22(2)3/h22,27H,4-21H2,1-3H3,(H,28,35)(H,29,34)(H,36,37)(H,38,39). The van der Waals surface area contributed by atoms with E-state index in [1.54, 1.807) is 0 Å². The Bertz CT molecular complexity index is 740. The van der Waals surface area contributed by atoms with E-state index >= 15 is 0 Å². The zero-order valence-corrected chi connectivity index (χ0v) is 24.1. The smallest absolute Gasteiger partial charge is 0.317 e. The van der Waals surface area contributed by atoms with Gasteiger partial charge in [0.1, 0.15) is 0 Å². The molecule has 5 N–H and O–H groups in total. The average Bonchev–Trinajstić information content (AvgIpc) is 2.86. The van der Waals surface area contributed by atoms with E-state index in [-0.39, 0.29) is 37.9 Å². The first-order valence-electron chi connectivity index (χ1n) is 14.2. The molecule has 0 spiro atoms. The lowest BCUT2D eigenvalue weighted by atomic mass is 10.1. The van der Waals surface area contributed by atoms with Crippen molar-refractivity contribution >= 4 is 23.8 Å². The lowest BCUT2D eigenvalue weighted by Crippen LogP contribution is -2.49. The van der Waals surface area contributed by atoms with Gasteiger partial charge in [-0.25, -0.2) is 0 Å². The number of carboxylic acids is 2. The second-order valence-electron chi connectivity index (χ2n) is 10.5. The molecule has 226 valence electrons. The van der Waals surface area contributed by atoms with E-state index in [9.17, 15) is 29.4 Å². The van der Waals surface area contributed by atoms with Crippen LogP contribution >= 0.6 is 0 Å². The molecule has 0 aromatic heterocycles. The van der Waals surface area contributed by atoms with Crippen LogP contribution in [0.1, 0.15) is 40.0 Å². The van der Waals surface area contributed by atoms with Crippen LogP contribution in [0, 0.1) is 5.92 Å². The van der Waals surface area contributed by atoms with Gasteiger partial charge in [0.05, 0.1) is 19.6 Å². The van der Waals surface area contributed by atoms with Gasteiger partial charge in [0.25, 0.3) is 0 Å². The Labute approximate surface area is 233 Å². The third-order valence-electron chi connectivity index (χ3n) is 6.69. The van der Waals surface area contributed by atoms with Crippen molar-refractivity contribution in [2.24, 2.45) is 5.92 Å². The molecule has 0 saturated carbocycles. The number of carboxylic acid groups (broad SMARTS) is 2. The summed E-state index contributed by atoms with van der Waals surface area (Å²) in [5, 5.41) is 27.3. The van der Waals surface area contributed by atoms with E-state index < -0.39 is 11.9 Å². The minimum absolute atomic E-state index is 0.0250. The van der Waals surface area contributed by atoms with Crippen LogP contribution in [0.25, 0.3) is 0 Å². The van der Waals surface area contributed by atoms with Gasteiger partial charge in [-0.15, -0.1) is 0 Å². The van der Waals surface area contributed by atoms with Crippen molar-refractivity contribution in [2.75, 3.05) is 98.3 Å². The van der Waals surface area contributed by atoms with Gasteiger partial charge in [-0.05, 0) is 25.3 Å². The molecule has 1 fully saturated rings. The highest BCUT2D eigenvalue weighted by molar-refractivity contribution is 5.84. The summed E-state index contributed by atoms with van der Waals surface area (Å²) in [7, 11) is 0. The normalized spacial score (nSPS) is 17.3. The van der Waals surface area contributed by atoms with Crippen LogP contribution in [0.2, 0.25) is 0 Å². The number of carbonyl (C=O) groups excluding carboxylic acids is 2. The van der Waals surface area contributed by atoms with Crippen molar-refractivity contribution < 1.29 is 29.4 Å². The minimum atomic E-state index is -0.913. The Morgan fingerprint density at radius 1 is 0.718 bits per heavy atom. The second kappa shape index (κ2) is 20.6. The number of likely N-dealkylation sites (N-methyl/N-ethyl adjacent to an activating group) is 1. The maximum atomic E-state index is 12.1. The van der Waals surface area contributed by atoms with Gasteiger partial charge in [0.2, 0.25) is 11.8 Å². The third-order valence-corrected chi connectivity index (χ3v) is 6.69. The molecule has 0 aliphatic carbocycles. The number of hydrogen-bond acceptors (Lipinski definition) is 9. The summed E-state index contributed by atoms with van der Waals surface area (Å²) in [5.74, 6) is -1.58. The monoisotopic (exact) mass is 557 g/mol. The Balaban J connectivity index is 2.50. The molecular formula is C26H51N7O6. The topological polar surface area (TPSA) is 158 Å². The fourth-order valence-electron chi connectivity index (χ4n) is 4.26. The second-order valence-corrected chi connectivity index (χ2v) is 10.5. The molecule has 0 unspecified atom stereocenters. The van der Waals surface area contributed by atoms with Gasteiger partial charge in [-0.3, -0.25) is 33.9 Å². The highest BCUT2D eigenvalue weighted by atomic mass is 16.4. The van der Waals surface area contributed by atoms with Crippen molar-refractivity contribution in [3.8, 4) is 0 Å². The predicted octanol–water partition coefficient (Wildman–Crippen LogP) is -0.997. The Kier molecular flexibility index (Phi) is 18.3. The number of nitrogens with one attached hydrogen (secondary N) is 3. The predicted molar refractivity (Wildman–Crippen MR) is 149 cm³/mol. The SMILES string of the molecule is CCN1CCN(CNCCC(=O)NCC(=O)NCCCC(C)C)CCN(CC(=O)O)CCN(CC(=O)O)CC1. The van der Waals surface area contributed by atoms with Gasteiger partial charge >= 0.3 is 11.9 Å². The number of amides is 2. The first-order chi connectivity index (χ1) is 18.6. The molecule has 0 bridgehead atoms. The summed E-state index contributed by atoms with van der Waals surface area (Å²) in [6.07, 6.45) is 2.22. The molecule has 39 heavy (non-hydrogen) atoms. The molecule has 1 saturated heterocycles. The van der Waals surface area contributed by atoms with Gasteiger partial charge < -0.3 is 31.1 Å². The minimum Gasteiger partial charge on any atom is -0.480 e. The van der Waals surface area contributed by atoms with Gasteiger partial charge in [0.15, 0.2) is 0 Å². The molecule has 0 aromatic carbocycles. The molecule has 0 aromatic rings. The highest BCUT2D eigenvalue weighted by Crippen LogP contribution is 2.02.